The zero-order chi connectivity index (χ0) is 28.4. The molecule has 2 saturated heterocycles. The molecule has 0 bridgehead atoms. The predicted molar refractivity (Wildman–Crippen MR) is 154 cm³/mol. The Bertz CT molecular complexity index is 1160. The van der Waals surface area contributed by atoms with Crippen LogP contribution in [0.25, 0.3) is 0 Å². The summed E-state index contributed by atoms with van der Waals surface area (Å²) < 4.78 is 6.69. The Kier molecular flexibility index (Phi) is 8.33. The van der Waals surface area contributed by atoms with Crippen molar-refractivity contribution >= 4 is 29.1 Å². The van der Waals surface area contributed by atoms with Gasteiger partial charge in [-0.05, 0) is 57.4 Å². The zero-order valence-corrected chi connectivity index (χ0v) is 23.9. The zero-order valence-electron chi connectivity index (χ0n) is 23.9. The average molecular weight is 551 g/mol. The lowest BCUT2D eigenvalue weighted by Crippen LogP contribution is -2.55. The van der Waals surface area contributed by atoms with E-state index in [0.717, 1.165) is 30.9 Å². The minimum absolute atomic E-state index is 0.0105. The lowest BCUT2D eigenvalue weighted by Gasteiger charge is -2.35. The maximum Gasteiger partial charge on any atom is 0.253 e. The van der Waals surface area contributed by atoms with Gasteiger partial charge in [0.2, 0.25) is 11.8 Å². The molecule has 0 radical (unpaired) electrons. The molecule has 1 aromatic rings. The fourth-order valence-corrected chi connectivity index (χ4v) is 6.96. The smallest absolute Gasteiger partial charge is 0.253 e. The molecule has 0 aliphatic carbocycles. The molecule has 216 valence electrons. The first kappa shape index (κ1) is 28.4. The topological polar surface area (TPSA) is 93.6 Å². The highest BCUT2D eigenvalue weighted by atomic mass is 16.5. The lowest BCUT2D eigenvalue weighted by atomic mass is 9.77. The molecule has 1 unspecified atom stereocenters. The minimum Gasteiger partial charge on any atom is -0.396 e. The quantitative estimate of drug-likeness (QED) is 0.356. The number of carbonyl (C=O) groups is 3. The Morgan fingerprint density at radius 3 is 2.38 bits per heavy atom. The van der Waals surface area contributed by atoms with E-state index in [1.54, 1.807) is 14.7 Å². The van der Waals surface area contributed by atoms with Gasteiger partial charge in [0.1, 0.15) is 11.6 Å². The van der Waals surface area contributed by atoms with Crippen molar-refractivity contribution in [1.82, 2.24) is 9.80 Å². The lowest BCUT2D eigenvalue weighted by molar-refractivity contribution is -0.144. The number of benzene rings is 1. The van der Waals surface area contributed by atoms with Crippen LogP contribution in [0.4, 0.5) is 11.4 Å². The van der Waals surface area contributed by atoms with E-state index in [9.17, 15) is 19.5 Å². The third kappa shape index (κ3) is 4.63. The fourth-order valence-electron chi connectivity index (χ4n) is 6.96. The Balaban J connectivity index is 1.53. The van der Waals surface area contributed by atoms with Crippen molar-refractivity contribution in [2.45, 2.75) is 57.8 Å². The minimum atomic E-state index is -1.23. The van der Waals surface area contributed by atoms with Crippen molar-refractivity contribution in [3.8, 4) is 0 Å². The van der Waals surface area contributed by atoms with Crippen molar-refractivity contribution in [2.75, 3.05) is 55.7 Å². The summed E-state index contributed by atoms with van der Waals surface area (Å²) >= 11 is 0. The predicted octanol–water partition coefficient (Wildman–Crippen LogP) is 2.60. The van der Waals surface area contributed by atoms with Crippen LogP contribution < -0.4 is 9.80 Å². The van der Waals surface area contributed by atoms with Gasteiger partial charge in [-0.1, -0.05) is 31.2 Å². The standard InChI is InChI=1S/C31H42N4O5/c1-4-17-33-18-9-11-24-25(28(33)37)26-29(38)35(19-7-8-21-36)27-30(39)34(20-10-16-31(26,27)40-24)23-14-12-22(13-15-23)32(5-2)6-3/h9-16,24-27,36H,4-8,17-21H2,1-3H3/t24-,25+,26+,27?,31+/m1/s1. The summed E-state index contributed by atoms with van der Waals surface area (Å²) in [4.78, 5) is 49.8. The van der Waals surface area contributed by atoms with Crippen LogP contribution in [-0.4, -0.2) is 96.3 Å². The molecule has 0 aromatic heterocycles. The van der Waals surface area contributed by atoms with Gasteiger partial charge in [0.25, 0.3) is 5.91 Å². The number of rotatable bonds is 10. The van der Waals surface area contributed by atoms with Gasteiger partial charge in [-0.2, -0.15) is 0 Å². The van der Waals surface area contributed by atoms with Crippen LogP contribution in [0.2, 0.25) is 0 Å². The maximum atomic E-state index is 14.4. The largest absolute Gasteiger partial charge is 0.396 e. The second kappa shape index (κ2) is 11.7. The van der Waals surface area contributed by atoms with Crippen LogP contribution in [0.5, 0.6) is 0 Å². The molecule has 4 aliphatic heterocycles. The van der Waals surface area contributed by atoms with E-state index in [2.05, 4.69) is 18.7 Å². The first-order valence-corrected chi connectivity index (χ1v) is 14.8. The Morgan fingerprint density at radius 1 is 0.950 bits per heavy atom. The fraction of sp³-hybridized carbons (Fsp3) is 0.581. The highest BCUT2D eigenvalue weighted by molar-refractivity contribution is 6.05. The van der Waals surface area contributed by atoms with Gasteiger partial charge in [-0.3, -0.25) is 14.4 Å². The van der Waals surface area contributed by atoms with Crippen LogP contribution in [0, 0.1) is 11.8 Å². The van der Waals surface area contributed by atoms with Gasteiger partial charge in [0.05, 0.1) is 17.9 Å². The van der Waals surface area contributed by atoms with E-state index in [4.69, 9.17) is 4.74 Å². The molecule has 5 atom stereocenters. The summed E-state index contributed by atoms with van der Waals surface area (Å²) in [6.45, 7) is 9.81. The monoisotopic (exact) mass is 550 g/mol. The molecule has 3 amide bonds. The normalized spacial score (nSPS) is 29.4. The number of likely N-dealkylation sites (tertiary alicyclic amines) is 1. The van der Waals surface area contributed by atoms with Crippen molar-refractivity contribution in [1.29, 1.82) is 0 Å². The molecule has 2 fully saturated rings. The van der Waals surface area contributed by atoms with Gasteiger partial charge in [0, 0.05) is 57.3 Å². The summed E-state index contributed by atoms with van der Waals surface area (Å²) in [5.41, 5.74) is 0.616. The van der Waals surface area contributed by atoms with Gasteiger partial charge in [0.15, 0.2) is 0 Å². The molecule has 1 N–H and O–H groups in total. The van der Waals surface area contributed by atoms with Crippen molar-refractivity contribution in [2.24, 2.45) is 11.8 Å². The average Bonchev–Trinajstić information content (AvgIpc) is 3.27. The molecule has 0 saturated carbocycles. The van der Waals surface area contributed by atoms with Crippen LogP contribution in [-0.2, 0) is 19.1 Å². The molecular weight excluding hydrogens is 508 g/mol. The van der Waals surface area contributed by atoms with Crippen LogP contribution in [0.1, 0.15) is 40.0 Å². The summed E-state index contributed by atoms with van der Waals surface area (Å²) in [7, 11) is 0. The van der Waals surface area contributed by atoms with E-state index < -0.39 is 29.6 Å². The van der Waals surface area contributed by atoms with E-state index in [1.807, 2.05) is 55.5 Å². The molecule has 1 spiro atoms. The highest BCUT2D eigenvalue weighted by Crippen LogP contribution is 2.53. The Morgan fingerprint density at radius 2 is 1.70 bits per heavy atom. The van der Waals surface area contributed by atoms with Gasteiger partial charge >= 0.3 is 0 Å². The molecule has 40 heavy (non-hydrogen) atoms. The SMILES string of the molecule is CCCN1CC=C[C@H]2O[C@]34C=CCN(c5ccc(N(CC)CC)cc5)C(=O)C3N(CCCCO)C(=O)[C@@H]4[C@H]2C1=O. The molecule has 9 heteroatoms. The van der Waals surface area contributed by atoms with E-state index in [-0.39, 0.29) is 24.3 Å². The number of anilines is 2. The molecule has 5 rings (SSSR count). The van der Waals surface area contributed by atoms with E-state index in [1.165, 1.54) is 0 Å². The van der Waals surface area contributed by atoms with Gasteiger partial charge in [-0.15, -0.1) is 0 Å². The van der Waals surface area contributed by atoms with Gasteiger partial charge in [-0.25, -0.2) is 0 Å². The Labute approximate surface area is 237 Å². The highest BCUT2D eigenvalue weighted by Gasteiger charge is 2.71. The van der Waals surface area contributed by atoms with E-state index in [0.29, 0.717) is 39.0 Å². The summed E-state index contributed by atoms with van der Waals surface area (Å²) in [5, 5.41) is 9.41. The molecule has 4 aliphatic rings. The van der Waals surface area contributed by atoms with Crippen LogP contribution >= 0.6 is 0 Å². The Hall–Kier alpha value is -3.17. The number of hydrogen-bond donors (Lipinski definition) is 1. The molecule has 4 heterocycles. The van der Waals surface area contributed by atoms with Crippen LogP contribution in [0.3, 0.4) is 0 Å². The van der Waals surface area contributed by atoms with E-state index >= 15 is 0 Å². The first-order chi connectivity index (χ1) is 19.4. The number of fused-ring (bicyclic) bond motifs is 2. The van der Waals surface area contributed by atoms with Crippen molar-refractivity contribution in [3.05, 3.63) is 48.6 Å². The number of ether oxygens (including phenoxy) is 1. The number of aliphatic hydroxyl groups excluding tert-OH is 1. The molecular formula is C31H42N4O5. The number of nitrogens with zero attached hydrogens (tertiary/aromatic N) is 4. The number of amides is 3. The maximum absolute atomic E-state index is 14.4. The van der Waals surface area contributed by atoms with Crippen molar-refractivity contribution in [3.63, 3.8) is 0 Å². The summed E-state index contributed by atoms with van der Waals surface area (Å²) in [6.07, 6.45) is 8.97. The number of aliphatic hydroxyl groups is 1. The second-order valence-corrected chi connectivity index (χ2v) is 11.1. The van der Waals surface area contributed by atoms with Gasteiger partial charge < -0.3 is 29.4 Å². The summed E-state index contributed by atoms with van der Waals surface area (Å²) in [6, 6.07) is 7.07. The van der Waals surface area contributed by atoms with Crippen molar-refractivity contribution < 1.29 is 24.2 Å². The number of carbonyl (C=O) groups excluding carboxylic acids is 3. The summed E-state index contributed by atoms with van der Waals surface area (Å²) in [5.74, 6) is -1.97. The molecule has 9 nitrogen and oxygen atoms in total. The van der Waals surface area contributed by atoms with Crippen LogP contribution in [0.15, 0.2) is 48.6 Å². The number of unbranched alkanes of at least 4 members (excludes halogenated alkanes) is 1. The molecule has 1 aromatic carbocycles. The first-order valence-electron chi connectivity index (χ1n) is 14.8. The third-order valence-corrected chi connectivity index (χ3v) is 8.83. The second-order valence-electron chi connectivity index (χ2n) is 11.1. The number of hydrogen-bond acceptors (Lipinski definition) is 6. The third-order valence-electron chi connectivity index (χ3n) is 8.83.